The zero-order chi connectivity index (χ0) is 16.8. The molecule has 1 unspecified atom stereocenters. The summed E-state index contributed by atoms with van der Waals surface area (Å²) < 4.78 is 1.92. The van der Waals surface area contributed by atoms with E-state index in [4.69, 9.17) is 0 Å². The van der Waals surface area contributed by atoms with E-state index in [0.29, 0.717) is 11.9 Å². The Morgan fingerprint density at radius 1 is 1.24 bits per heavy atom. The van der Waals surface area contributed by atoms with Gasteiger partial charge in [0.15, 0.2) is 0 Å². The number of carbonyl (C=O) groups is 1. The first-order valence-electron chi connectivity index (χ1n) is 7.66. The molecule has 1 aliphatic heterocycles. The monoisotopic (exact) mass is 408 g/mol. The van der Waals surface area contributed by atoms with Gasteiger partial charge >= 0.3 is 5.97 Å². The molecule has 1 radical (unpaired) electrons. The van der Waals surface area contributed by atoms with Crippen molar-refractivity contribution >= 4 is 22.6 Å². The fraction of sp³-hybridized carbons (Fsp3) is 0.158. The Morgan fingerprint density at radius 2 is 1.96 bits per heavy atom. The van der Waals surface area contributed by atoms with Crippen molar-refractivity contribution in [2.45, 2.75) is 6.04 Å². The standard InChI is InChI=1S/C19H15N2O3.Y/c1-20-11-16(12-6-3-2-4-7-12)21-10-14(19(23)24)18(22)13-8-5-9-15(20)17(13)21;/h2-4,6-10,16H,11H2,1H3,(H,23,24);/q-1;. The molecule has 0 spiro atoms. The van der Waals surface area contributed by atoms with E-state index in [1.165, 1.54) is 6.20 Å². The predicted octanol–water partition coefficient (Wildman–Crippen LogP) is 2.54. The molecule has 1 N–H and O–H groups in total. The van der Waals surface area contributed by atoms with Crippen molar-refractivity contribution in [3.63, 3.8) is 0 Å². The number of nitrogens with zero attached hydrogens (tertiary/aromatic N) is 2. The van der Waals surface area contributed by atoms with E-state index in [1.54, 1.807) is 6.07 Å². The van der Waals surface area contributed by atoms with Crippen molar-refractivity contribution in [1.29, 1.82) is 0 Å². The molecule has 1 atom stereocenters. The Morgan fingerprint density at radius 3 is 2.64 bits per heavy atom. The Bertz CT molecular complexity index is 1010. The number of hydrogen-bond acceptors (Lipinski definition) is 3. The summed E-state index contributed by atoms with van der Waals surface area (Å²) in [6, 6.07) is 16.2. The van der Waals surface area contributed by atoms with Gasteiger partial charge in [0.25, 0.3) is 0 Å². The van der Waals surface area contributed by atoms with Crippen LogP contribution in [0.25, 0.3) is 10.9 Å². The van der Waals surface area contributed by atoms with Crippen LogP contribution in [0.4, 0.5) is 5.69 Å². The van der Waals surface area contributed by atoms with Gasteiger partial charge in [0.1, 0.15) is 11.0 Å². The molecule has 4 rings (SSSR count). The first-order chi connectivity index (χ1) is 11.6. The molecule has 25 heavy (non-hydrogen) atoms. The SMILES string of the molecule is CN1CC(c2ccccc2)n2cc(C(=O)O)c(=O)c3c[c-]cc1c32.[Y]. The fourth-order valence-electron chi connectivity index (χ4n) is 3.41. The Kier molecular flexibility index (Phi) is 4.80. The van der Waals surface area contributed by atoms with E-state index in [-0.39, 0.29) is 44.3 Å². The van der Waals surface area contributed by atoms with Crippen LogP contribution >= 0.6 is 0 Å². The molecule has 0 saturated carbocycles. The third-order valence-corrected chi connectivity index (χ3v) is 4.57. The summed E-state index contributed by atoms with van der Waals surface area (Å²) >= 11 is 0. The van der Waals surface area contributed by atoms with Gasteiger partial charge in [-0.25, -0.2) is 4.79 Å². The molecule has 3 aromatic rings. The minimum Gasteiger partial charge on any atom is -0.478 e. The molecule has 0 bridgehead atoms. The maximum absolute atomic E-state index is 12.5. The van der Waals surface area contributed by atoms with Gasteiger partial charge in [0.05, 0.1) is 6.04 Å². The maximum Gasteiger partial charge on any atom is 0.340 e. The molecule has 2 heterocycles. The molecule has 123 valence electrons. The Balaban J connectivity index is 0.00000182. The Labute approximate surface area is 169 Å². The zero-order valence-corrected chi connectivity index (χ0v) is 16.5. The molecular weight excluding hydrogens is 393 g/mol. The predicted molar refractivity (Wildman–Crippen MR) is 91.9 cm³/mol. The quantitative estimate of drug-likeness (QED) is 0.663. The number of pyridine rings is 1. The fourth-order valence-corrected chi connectivity index (χ4v) is 3.41. The summed E-state index contributed by atoms with van der Waals surface area (Å²) in [6.07, 6.45) is 1.47. The number of aromatic carboxylic acids is 1. The van der Waals surface area contributed by atoms with E-state index in [0.717, 1.165) is 16.8 Å². The van der Waals surface area contributed by atoms with Crippen LogP contribution in [0.2, 0.25) is 0 Å². The average molecular weight is 408 g/mol. The Hall–Kier alpha value is -1.98. The van der Waals surface area contributed by atoms with Gasteiger partial charge in [-0.05, 0) is 18.1 Å². The molecule has 0 saturated heterocycles. The normalized spacial score (nSPS) is 15.7. The van der Waals surface area contributed by atoms with Crippen molar-refractivity contribution in [3.8, 4) is 0 Å². The molecule has 0 amide bonds. The van der Waals surface area contributed by atoms with Crippen molar-refractivity contribution < 1.29 is 42.6 Å². The number of likely N-dealkylation sites (N-methyl/N-ethyl adjacent to an activating group) is 1. The average Bonchev–Trinajstić information content (AvgIpc) is 2.60. The van der Waals surface area contributed by atoms with E-state index < -0.39 is 11.4 Å². The van der Waals surface area contributed by atoms with Gasteiger partial charge in [-0.1, -0.05) is 41.4 Å². The van der Waals surface area contributed by atoms with Crippen LogP contribution in [0.5, 0.6) is 0 Å². The molecule has 1 aromatic heterocycles. The molecule has 2 aromatic carbocycles. The second-order valence-electron chi connectivity index (χ2n) is 5.99. The number of benzene rings is 2. The molecule has 0 aliphatic carbocycles. The van der Waals surface area contributed by atoms with Gasteiger partial charge in [0.2, 0.25) is 0 Å². The first-order valence-corrected chi connectivity index (χ1v) is 7.66. The van der Waals surface area contributed by atoms with Crippen molar-refractivity contribution in [3.05, 3.63) is 76.1 Å². The third kappa shape index (κ3) is 2.81. The summed E-state index contributed by atoms with van der Waals surface area (Å²) in [5.41, 5.74) is 2.04. The minimum absolute atomic E-state index is 0. The second-order valence-corrected chi connectivity index (χ2v) is 5.99. The summed E-state index contributed by atoms with van der Waals surface area (Å²) in [7, 11) is 1.97. The smallest absolute Gasteiger partial charge is 0.340 e. The number of carboxylic acids is 1. The second kappa shape index (κ2) is 6.73. The van der Waals surface area contributed by atoms with Crippen LogP contribution < -0.4 is 10.3 Å². The van der Waals surface area contributed by atoms with Crippen LogP contribution in [-0.2, 0) is 32.7 Å². The van der Waals surface area contributed by atoms with Gasteiger partial charge in [-0.15, -0.1) is 0 Å². The topological polar surface area (TPSA) is 62.5 Å². The maximum atomic E-state index is 12.5. The molecular formula is C19H15N2O3Y-. The molecule has 5 nitrogen and oxygen atoms in total. The van der Waals surface area contributed by atoms with Gasteiger partial charge in [0, 0.05) is 45.5 Å². The van der Waals surface area contributed by atoms with Crippen molar-refractivity contribution in [2.75, 3.05) is 18.5 Å². The van der Waals surface area contributed by atoms with Gasteiger partial charge in [-0.2, -0.15) is 18.2 Å². The van der Waals surface area contributed by atoms with Crippen molar-refractivity contribution in [2.24, 2.45) is 0 Å². The first kappa shape index (κ1) is 17.8. The molecule has 1 aliphatic rings. The number of aromatic nitrogens is 1. The summed E-state index contributed by atoms with van der Waals surface area (Å²) in [6.45, 7) is 0.686. The van der Waals surface area contributed by atoms with E-state index in [1.807, 2.05) is 48.0 Å². The molecule has 0 fully saturated rings. The van der Waals surface area contributed by atoms with Gasteiger partial charge in [-0.3, -0.25) is 0 Å². The molecule has 6 heteroatoms. The largest absolute Gasteiger partial charge is 0.478 e. The summed E-state index contributed by atoms with van der Waals surface area (Å²) in [4.78, 5) is 26.1. The van der Waals surface area contributed by atoms with Crippen LogP contribution in [0.3, 0.4) is 0 Å². The van der Waals surface area contributed by atoms with Crippen LogP contribution in [0.1, 0.15) is 22.0 Å². The number of carboxylic acid groups (broad SMARTS) is 1. The summed E-state index contributed by atoms with van der Waals surface area (Å²) in [5.74, 6) is -1.21. The minimum atomic E-state index is -1.21. The van der Waals surface area contributed by atoms with Crippen LogP contribution in [0.15, 0.2) is 53.5 Å². The summed E-state index contributed by atoms with van der Waals surface area (Å²) in [5, 5.41) is 9.80. The van der Waals surface area contributed by atoms with Crippen LogP contribution in [-0.4, -0.2) is 29.2 Å². The number of anilines is 1. The van der Waals surface area contributed by atoms with E-state index in [2.05, 4.69) is 11.0 Å². The van der Waals surface area contributed by atoms with Crippen LogP contribution in [0, 0.1) is 6.07 Å². The van der Waals surface area contributed by atoms with E-state index >= 15 is 0 Å². The van der Waals surface area contributed by atoms with E-state index in [9.17, 15) is 14.7 Å². The van der Waals surface area contributed by atoms with Crippen molar-refractivity contribution in [1.82, 2.24) is 4.57 Å². The number of rotatable bonds is 2. The number of hydrogen-bond donors (Lipinski definition) is 1. The van der Waals surface area contributed by atoms with Gasteiger partial charge < -0.3 is 19.4 Å². The zero-order valence-electron chi connectivity index (χ0n) is 13.6. The third-order valence-electron chi connectivity index (χ3n) is 4.57.